The summed E-state index contributed by atoms with van der Waals surface area (Å²) in [4.78, 5) is 7.99. The Bertz CT molecular complexity index is 589. The predicted molar refractivity (Wildman–Crippen MR) is 68.8 cm³/mol. The lowest BCUT2D eigenvalue weighted by Gasteiger charge is -2.05. The number of amidine groups is 1. The van der Waals surface area contributed by atoms with Crippen molar-refractivity contribution in [3.05, 3.63) is 46.8 Å². The molecule has 7 heteroatoms. The molecule has 0 atom stereocenters. The molecule has 0 aliphatic carbocycles. The zero-order valence-corrected chi connectivity index (χ0v) is 10.7. The summed E-state index contributed by atoms with van der Waals surface area (Å²) in [6, 6.07) is 4.93. The van der Waals surface area contributed by atoms with E-state index in [1.807, 2.05) is 0 Å². The number of nitrogens with zero attached hydrogens (tertiary/aromatic N) is 3. The number of nitrogens with two attached hydrogens (primary N) is 1. The number of hydrogen-bond donors (Lipinski definition) is 2. The molecule has 0 unspecified atom stereocenters. The molecular formula is C11H9BrN4O2. The van der Waals surface area contributed by atoms with Crippen LogP contribution in [-0.2, 0) is 0 Å². The number of halogens is 1. The zero-order valence-electron chi connectivity index (χ0n) is 9.12. The molecule has 2 heterocycles. The molecule has 0 aromatic carbocycles. The maximum atomic E-state index is 8.59. The first kappa shape index (κ1) is 12.3. The highest BCUT2D eigenvalue weighted by molar-refractivity contribution is 9.10. The van der Waals surface area contributed by atoms with Crippen molar-refractivity contribution in [3.8, 4) is 11.6 Å². The SMILES string of the molecule is NC(=NO)c1ccnc(Oc2cncc(Br)c2)c1. The number of pyridine rings is 2. The lowest BCUT2D eigenvalue weighted by atomic mass is 10.2. The smallest absolute Gasteiger partial charge is 0.219 e. The first-order chi connectivity index (χ1) is 8.69. The highest BCUT2D eigenvalue weighted by Gasteiger charge is 2.04. The van der Waals surface area contributed by atoms with Gasteiger partial charge >= 0.3 is 0 Å². The minimum Gasteiger partial charge on any atom is -0.437 e. The Labute approximate surface area is 111 Å². The van der Waals surface area contributed by atoms with Crippen molar-refractivity contribution in [2.45, 2.75) is 0 Å². The van der Waals surface area contributed by atoms with Gasteiger partial charge in [-0.05, 0) is 28.1 Å². The molecule has 2 aromatic heterocycles. The number of ether oxygens (including phenoxy) is 1. The molecule has 0 fully saturated rings. The Morgan fingerprint density at radius 2 is 2.22 bits per heavy atom. The van der Waals surface area contributed by atoms with E-state index >= 15 is 0 Å². The van der Waals surface area contributed by atoms with E-state index in [1.54, 1.807) is 30.6 Å². The van der Waals surface area contributed by atoms with Gasteiger partial charge in [-0.3, -0.25) is 4.98 Å². The van der Waals surface area contributed by atoms with E-state index in [9.17, 15) is 0 Å². The van der Waals surface area contributed by atoms with Crippen LogP contribution in [0.4, 0.5) is 0 Å². The van der Waals surface area contributed by atoms with Crippen LogP contribution in [-0.4, -0.2) is 21.0 Å². The molecule has 2 rings (SSSR count). The zero-order chi connectivity index (χ0) is 13.0. The molecule has 0 amide bonds. The predicted octanol–water partition coefficient (Wildman–Crippen LogP) is 2.13. The van der Waals surface area contributed by atoms with Crippen molar-refractivity contribution in [3.63, 3.8) is 0 Å². The van der Waals surface area contributed by atoms with Crippen molar-refractivity contribution in [1.82, 2.24) is 9.97 Å². The third-order valence-electron chi connectivity index (χ3n) is 2.04. The Balaban J connectivity index is 2.24. The lowest BCUT2D eigenvalue weighted by molar-refractivity contribution is 0.318. The van der Waals surface area contributed by atoms with Crippen LogP contribution in [0.2, 0.25) is 0 Å². The maximum absolute atomic E-state index is 8.59. The third kappa shape index (κ3) is 2.95. The van der Waals surface area contributed by atoms with Crippen molar-refractivity contribution >= 4 is 21.8 Å². The average Bonchev–Trinajstić information content (AvgIpc) is 2.38. The molecule has 0 radical (unpaired) electrons. The lowest BCUT2D eigenvalue weighted by Crippen LogP contribution is -2.13. The summed E-state index contributed by atoms with van der Waals surface area (Å²) in [6.07, 6.45) is 4.71. The molecule has 0 aliphatic heterocycles. The molecule has 0 saturated heterocycles. The van der Waals surface area contributed by atoms with Crippen molar-refractivity contribution in [1.29, 1.82) is 0 Å². The quantitative estimate of drug-likeness (QED) is 0.392. The Morgan fingerprint density at radius 1 is 1.39 bits per heavy atom. The summed E-state index contributed by atoms with van der Waals surface area (Å²) in [5.41, 5.74) is 6.00. The summed E-state index contributed by atoms with van der Waals surface area (Å²) in [6.45, 7) is 0. The highest BCUT2D eigenvalue weighted by Crippen LogP contribution is 2.22. The second-order valence-electron chi connectivity index (χ2n) is 3.31. The van der Waals surface area contributed by atoms with Gasteiger partial charge in [-0.15, -0.1) is 0 Å². The van der Waals surface area contributed by atoms with Gasteiger partial charge in [0, 0.05) is 28.5 Å². The Morgan fingerprint density at radius 3 is 2.94 bits per heavy atom. The van der Waals surface area contributed by atoms with Gasteiger partial charge in [0.25, 0.3) is 0 Å². The van der Waals surface area contributed by atoms with Crippen LogP contribution >= 0.6 is 15.9 Å². The summed E-state index contributed by atoms with van der Waals surface area (Å²) in [5.74, 6) is 0.863. The van der Waals surface area contributed by atoms with Gasteiger partial charge < -0.3 is 15.7 Å². The van der Waals surface area contributed by atoms with Crippen LogP contribution in [0, 0.1) is 0 Å². The summed E-state index contributed by atoms with van der Waals surface area (Å²) >= 11 is 3.29. The van der Waals surface area contributed by atoms with Crippen LogP contribution in [0.15, 0.2) is 46.4 Å². The van der Waals surface area contributed by atoms with E-state index in [4.69, 9.17) is 15.7 Å². The largest absolute Gasteiger partial charge is 0.437 e. The monoisotopic (exact) mass is 308 g/mol. The Hall–Kier alpha value is -2.15. The number of rotatable bonds is 3. The molecule has 0 aliphatic rings. The molecule has 0 spiro atoms. The Kier molecular flexibility index (Phi) is 3.73. The first-order valence-corrected chi connectivity index (χ1v) is 5.70. The van der Waals surface area contributed by atoms with Crippen LogP contribution in [0.25, 0.3) is 0 Å². The standard InChI is InChI=1S/C11H9BrN4O2/c12-8-4-9(6-14-5-8)18-10-3-7(1-2-15-10)11(13)16-17/h1-6,17H,(H2,13,16). The van der Waals surface area contributed by atoms with Gasteiger partial charge in [0.15, 0.2) is 5.84 Å². The fourth-order valence-corrected chi connectivity index (χ4v) is 1.60. The van der Waals surface area contributed by atoms with Gasteiger partial charge in [0.05, 0.1) is 6.20 Å². The van der Waals surface area contributed by atoms with Gasteiger partial charge in [-0.25, -0.2) is 4.98 Å². The third-order valence-corrected chi connectivity index (χ3v) is 2.47. The molecule has 0 saturated carbocycles. The van der Waals surface area contributed by atoms with Crippen molar-refractivity contribution in [2.75, 3.05) is 0 Å². The molecule has 6 nitrogen and oxygen atoms in total. The minimum absolute atomic E-state index is 0.00498. The van der Waals surface area contributed by atoms with Crippen LogP contribution < -0.4 is 10.5 Å². The van der Waals surface area contributed by atoms with E-state index in [1.165, 1.54) is 6.20 Å². The molecular weight excluding hydrogens is 300 g/mol. The van der Waals surface area contributed by atoms with E-state index in [0.717, 1.165) is 4.47 Å². The van der Waals surface area contributed by atoms with E-state index in [2.05, 4.69) is 31.1 Å². The summed E-state index contributed by atoms with van der Waals surface area (Å²) in [5, 5.41) is 11.5. The van der Waals surface area contributed by atoms with Crippen LogP contribution in [0.1, 0.15) is 5.56 Å². The van der Waals surface area contributed by atoms with E-state index < -0.39 is 0 Å². The maximum Gasteiger partial charge on any atom is 0.219 e. The fraction of sp³-hybridized carbons (Fsp3) is 0. The van der Waals surface area contributed by atoms with Crippen molar-refractivity contribution < 1.29 is 9.94 Å². The summed E-state index contributed by atoms with van der Waals surface area (Å²) in [7, 11) is 0. The highest BCUT2D eigenvalue weighted by atomic mass is 79.9. The average molecular weight is 309 g/mol. The van der Waals surface area contributed by atoms with Gasteiger partial charge in [0.1, 0.15) is 5.75 Å². The second-order valence-corrected chi connectivity index (χ2v) is 4.22. The molecule has 2 aromatic rings. The van der Waals surface area contributed by atoms with Gasteiger partial charge in [-0.1, -0.05) is 5.16 Å². The topological polar surface area (TPSA) is 93.6 Å². The van der Waals surface area contributed by atoms with E-state index in [-0.39, 0.29) is 5.84 Å². The van der Waals surface area contributed by atoms with Crippen LogP contribution in [0.3, 0.4) is 0 Å². The van der Waals surface area contributed by atoms with Gasteiger partial charge in [-0.2, -0.15) is 0 Å². The minimum atomic E-state index is -0.00498. The number of oxime groups is 1. The first-order valence-electron chi connectivity index (χ1n) is 4.91. The fourth-order valence-electron chi connectivity index (χ4n) is 1.25. The molecule has 0 bridgehead atoms. The number of aromatic nitrogens is 2. The molecule has 18 heavy (non-hydrogen) atoms. The summed E-state index contributed by atoms with van der Waals surface area (Å²) < 4.78 is 6.30. The van der Waals surface area contributed by atoms with Crippen molar-refractivity contribution in [2.24, 2.45) is 10.9 Å². The molecule has 3 N–H and O–H groups in total. The van der Waals surface area contributed by atoms with Crippen LogP contribution in [0.5, 0.6) is 11.6 Å². The molecule has 92 valence electrons. The van der Waals surface area contributed by atoms with E-state index in [0.29, 0.717) is 17.2 Å². The normalized spacial score (nSPS) is 11.3. The van der Waals surface area contributed by atoms with Gasteiger partial charge in [0.2, 0.25) is 5.88 Å². The second kappa shape index (κ2) is 5.46. The number of hydrogen-bond acceptors (Lipinski definition) is 5.